The van der Waals surface area contributed by atoms with Gasteiger partial charge in [-0.25, -0.2) is 14.4 Å². The first-order valence-corrected chi connectivity index (χ1v) is 15.0. The van der Waals surface area contributed by atoms with Gasteiger partial charge in [-0.05, 0) is 77.4 Å². The smallest absolute Gasteiger partial charge is 0.162 e. The van der Waals surface area contributed by atoms with Crippen LogP contribution in [0.2, 0.25) is 5.02 Å². The highest BCUT2D eigenvalue weighted by Gasteiger charge is 2.30. The topological polar surface area (TPSA) is 66.0 Å². The fraction of sp³-hybridized carbons (Fsp3) is 0.548. The Hall–Kier alpha value is -2.72. The minimum Gasteiger partial charge on any atom is -0.493 e. The summed E-state index contributed by atoms with van der Waals surface area (Å²) in [5.41, 5.74) is 1.60. The van der Waals surface area contributed by atoms with E-state index in [1.165, 1.54) is 57.5 Å². The van der Waals surface area contributed by atoms with Crippen LogP contribution in [0.4, 0.5) is 15.9 Å². The summed E-state index contributed by atoms with van der Waals surface area (Å²) in [5.74, 6) is 1.37. The number of methoxy groups -OCH3 is 1. The van der Waals surface area contributed by atoms with Crippen molar-refractivity contribution in [2.45, 2.75) is 51.6 Å². The molecule has 2 aromatic carbocycles. The summed E-state index contributed by atoms with van der Waals surface area (Å²) in [5, 5.41) is 4.03. The lowest BCUT2D eigenvalue weighted by Crippen LogP contribution is -2.57. The molecular weight excluding hydrogens is 543 g/mol. The van der Waals surface area contributed by atoms with Crippen LogP contribution in [0.1, 0.15) is 40.0 Å². The molecule has 1 N–H and O–H groups in total. The maximum absolute atomic E-state index is 13.6. The van der Waals surface area contributed by atoms with E-state index in [2.05, 4.69) is 50.8 Å². The first-order valence-electron chi connectivity index (χ1n) is 14.6. The molecule has 5 rings (SSSR count). The number of piperidine rings is 1. The van der Waals surface area contributed by atoms with Crippen molar-refractivity contribution in [3.63, 3.8) is 0 Å². The first kappa shape index (κ1) is 29.8. The highest BCUT2D eigenvalue weighted by molar-refractivity contribution is 6.31. The zero-order chi connectivity index (χ0) is 29.0. The van der Waals surface area contributed by atoms with Crippen molar-refractivity contribution in [2.75, 3.05) is 64.8 Å². The van der Waals surface area contributed by atoms with Crippen molar-refractivity contribution in [1.29, 1.82) is 0 Å². The molecule has 3 heterocycles. The van der Waals surface area contributed by atoms with E-state index < -0.39 is 5.82 Å². The zero-order valence-corrected chi connectivity index (χ0v) is 25.4. The molecule has 2 saturated heterocycles. The Labute approximate surface area is 247 Å². The normalized spacial score (nSPS) is 18.1. The summed E-state index contributed by atoms with van der Waals surface area (Å²) in [6.07, 6.45) is 4.89. The summed E-state index contributed by atoms with van der Waals surface area (Å²) >= 11 is 5.96. The molecular formula is C31H42ClFN6O2. The number of anilines is 2. The average Bonchev–Trinajstić information content (AvgIpc) is 2.97. The number of fused-ring (bicyclic) bond motifs is 1. The molecule has 2 aliphatic heterocycles. The summed E-state index contributed by atoms with van der Waals surface area (Å²) in [7, 11) is 1.63. The largest absolute Gasteiger partial charge is 0.493 e. The van der Waals surface area contributed by atoms with Gasteiger partial charge in [0.1, 0.15) is 18.0 Å². The highest BCUT2D eigenvalue weighted by atomic mass is 35.5. The van der Waals surface area contributed by atoms with Crippen molar-refractivity contribution in [1.82, 2.24) is 24.7 Å². The number of rotatable bonds is 9. The first-order chi connectivity index (χ1) is 19.7. The molecule has 0 unspecified atom stereocenters. The number of hydrogen-bond donors (Lipinski definition) is 1. The molecule has 0 aliphatic carbocycles. The number of hydrogen-bond acceptors (Lipinski definition) is 8. The second-order valence-electron chi connectivity index (χ2n) is 12.0. The standard InChI is InChI=1S/C31H42ClFN6O2/c1-31(2,3)39-15-13-38(14-16-39)23-8-11-37(12-9-23)10-5-17-41-29-19-24-27(20-28(29)40-4)34-21-35-30(24)36-22-6-7-26(33)25(32)18-22/h6-7,18-21,23H,5,8-17H2,1-4H3,(H,34,35,36). The molecule has 0 amide bonds. The van der Waals surface area contributed by atoms with E-state index in [1.807, 2.05) is 12.1 Å². The SMILES string of the molecule is COc1cc2ncnc(Nc3ccc(F)c(Cl)c3)c2cc1OCCCN1CCC(N2CCN(C(C)(C)C)CC2)CC1. The van der Waals surface area contributed by atoms with Gasteiger partial charge in [-0.3, -0.25) is 9.80 Å². The minimum atomic E-state index is -0.468. The van der Waals surface area contributed by atoms with Crippen LogP contribution in [-0.2, 0) is 0 Å². The van der Waals surface area contributed by atoms with Crippen LogP contribution >= 0.6 is 11.6 Å². The van der Waals surface area contributed by atoms with Crippen LogP contribution in [0.3, 0.4) is 0 Å². The number of likely N-dealkylation sites (tertiary alicyclic amines) is 1. The lowest BCUT2D eigenvalue weighted by atomic mass is 10.0. The van der Waals surface area contributed by atoms with Crippen LogP contribution in [0.25, 0.3) is 10.9 Å². The van der Waals surface area contributed by atoms with Crippen LogP contribution in [-0.4, -0.2) is 95.8 Å². The summed E-state index contributed by atoms with van der Waals surface area (Å²) < 4.78 is 25.4. The molecule has 0 bridgehead atoms. The van der Waals surface area contributed by atoms with Crippen molar-refractivity contribution in [3.05, 3.63) is 47.5 Å². The number of nitrogens with one attached hydrogen (secondary N) is 1. The second-order valence-corrected chi connectivity index (χ2v) is 12.4. The van der Waals surface area contributed by atoms with Gasteiger partial charge in [0, 0.05) is 61.4 Å². The van der Waals surface area contributed by atoms with E-state index in [0.717, 1.165) is 31.4 Å². The van der Waals surface area contributed by atoms with Crippen molar-refractivity contribution in [2.24, 2.45) is 0 Å². The van der Waals surface area contributed by atoms with E-state index in [0.29, 0.717) is 41.2 Å². The second kappa shape index (κ2) is 13.1. The van der Waals surface area contributed by atoms with Gasteiger partial charge in [0.25, 0.3) is 0 Å². The van der Waals surface area contributed by atoms with Crippen molar-refractivity contribution >= 4 is 34.0 Å². The Morgan fingerprint density at radius 3 is 2.44 bits per heavy atom. The monoisotopic (exact) mass is 584 g/mol. The molecule has 41 heavy (non-hydrogen) atoms. The maximum Gasteiger partial charge on any atom is 0.162 e. The fourth-order valence-electron chi connectivity index (χ4n) is 5.88. The van der Waals surface area contributed by atoms with Crippen LogP contribution < -0.4 is 14.8 Å². The molecule has 0 saturated carbocycles. The summed E-state index contributed by atoms with van der Waals surface area (Å²) in [6, 6.07) is 8.92. The fourth-order valence-corrected chi connectivity index (χ4v) is 6.06. The van der Waals surface area contributed by atoms with Crippen LogP contribution in [0.15, 0.2) is 36.7 Å². The number of piperazine rings is 1. The number of halogens is 2. The number of nitrogens with zero attached hydrogens (tertiary/aromatic N) is 5. The lowest BCUT2D eigenvalue weighted by Gasteiger charge is -2.46. The number of benzene rings is 2. The van der Waals surface area contributed by atoms with E-state index in [1.54, 1.807) is 13.2 Å². The molecule has 10 heteroatoms. The van der Waals surface area contributed by atoms with Gasteiger partial charge in [0.05, 0.1) is 24.3 Å². The van der Waals surface area contributed by atoms with Gasteiger partial charge in [0.2, 0.25) is 0 Å². The molecule has 0 spiro atoms. The maximum atomic E-state index is 13.6. The van der Waals surface area contributed by atoms with Gasteiger partial charge in [0.15, 0.2) is 11.5 Å². The third-order valence-corrected chi connectivity index (χ3v) is 8.61. The Balaban J connectivity index is 1.13. The zero-order valence-electron chi connectivity index (χ0n) is 24.6. The van der Waals surface area contributed by atoms with Crippen LogP contribution in [0, 0.1) is 5.82 Å². The Morgan fingerprint density at radius 2 is 1.76 bits per heavy atom. The minimum absolute atomic E-state index is 0.0437. The van der Waals surface area contributed by atoms with Crippen LogP contribution in [0.5, 0.6) is 11.5 Å². The van der Waals surface area contributed by atoms with Gasteiger partial charge in [-0.15, -0.1) is 0 Å². The van der Waals surface area contributed by atoms with E-state index >= 15 is 0 Å². The molecule has 222 valence electrons. The van der Waals surface area contributed by atoms with Crippen molar-refractivity contribution in [3.8, 4) is 11.5 Å². The van der Waals surface area contributed by atoms with E-state index in [-0.39, 0.29) is 10.6 Å². The van der Waals surface area contributed by atoms with Gasteiger partial charge < -0.3 is 19.7 Å². The summed E-state index contributed by atoms with van der Waals surface area (Å²) in [6.45, 7) is 15.5. The predicted molar refractivity (Wildman–Crippen MR) is 163 cm³/mol. The highest BCUT2D eigenvalue weighted by Crippen LogP contribution is 2.35. The molecule has 3 aromatic rings. The third-order valence-electron chi connectivity index (χ3n) is 8.32. The molecule has 2 fully saturated rings. The molecule has 2 aliphatic rings. The van der Waals surface area contributed by atoms with E-state index in [9.17, 15) is 4.39 Å². The van der Waals surface area contributed by atoms with Gasteiger partial charge in [-0.1, -0.05) is 11.6 Å². The van der Waals surface area contributed by atoms with Gasteiger partial charge in [-0.2, -0.15) is 0 Å². The quantitative estimate of drug-likeness (QED) is 0.316. The summed E-state index contributed by atoms with van der Waals surface area (Å²) in [4.78, 5) is 16.7. The molecule has 1 aromatic heterocycles. The number of aromatic nitrogens is 2. The Kier molecular flexibility index (Phi) is 9.49. The molecule has 0 radical (unpaired) electrons. The average molecular weight is 585 g/mol. The third kappa shape index (κ3) is 7.38. The Morgan fingerprint density at radius 1 is 1.00 bits per heavy atom. The van der Waals surface area contributed by atoms with Gasteiger partial charge >= 0.3 is 0 Å². The van der Waals surface area contributed by atoms with Crippen molar-refractivity contribution < 1.29 is 13.9 Å². The Bertz CT molecular complexity index is 1320. The lowest BCUT2D eigenvalue weighted by molar-refractivity contribution is 0.0234. The number of ether oxygens (including phenoxy) is 2. The molecule has 0 atom stereocenters. The van der Waals surface area contributed by atoms with E-state index in [4.69, 9.17) is 21.1 Å². The molecule has 8 nitrogen and oxygen atoms in total. The predicted octanol–water partition coefficient (Wildman–Crippen LogP) is 5.82.